The molecule has 0 atom stereocenters. The molecule has 2 heterocycles. The van der Waals surface area contributed by atoms with Crippen LogP contribution in [0.4, 0.5) is 5.69 Å². The van der Waals surface area contributed by atoms with Crippen LogP contribution < -0.4 is 10.9 Å². The van der Waals surface area contributed by atoms with Gasteiger partial charge in [-0.3, -0.25) is 14.2 Å². The first-order valence-corrected chi connectivity index (χ1v) is 9.79. The molecule has 0 aliphatic heterocycles. The highest BCUT2D eigenvalue weighted by Crippen LogP contribution is 2.30. The quantitative estimate of drug-likeness (QED) is 0.563. The van der Waals surface area contributed by atoms with Crippen molar-refractivity contribution < 1.29 is 4.79 Å². The first kappa shape index (κ1) is 18.1. The van der Waals surface area contributed by atoms with Gasteiger partial charge >= 0.3 is 0 Å². The molecule has 140 valence electrons. The highest BCUT2D eigenvalue weighted by Gasteiger charge is 2.14. The number of fused-ring (bicyclic) bond motifs is 1. The van der Waals surface area contributed by atoms with Crippen LogP contribution in [0.1, 0.15) is 11.1 Å². The Balaban J connectivity index is 1.64. The van der Waals surface area contributed by atoms with E-state index in [0.717, 1.165) is 22.3 Å². The molecule has 0 fully saturated rings. The van der Waals surface area contributed by atoms with Crippen LogP contribution >= 0.6 is 11.3 Å². The molecule has 0 radical (unpaired) electrons. The fraction of sp³-hybridized carbons (Fsp3) is 0.136. The Hall–Kier alpha value is -3.25. The van der Waals surface area contributed by atoms with Gasteiger partial charge in [0.15, 0.2) is 0 Å². The average Bonchev–Trinajstić information content (AvgIpc) is 3.11. The predicted molar refractivity (Wildman–Crippen MR) is 114 cm³/mol. The maximum atomic E-state index is 13.0. The van der Waals surface area contributed by atoms with Gasteiger partial charge in [-0.2, -0.15) is 0 Å². The van der Waals surface area contributed by atoms with E-state index in [9.17, 15) is 9.59 Å². The Labute approximate surface area is 166 Å². The molecule has 1 amide bonds. The van der Waals surface area contributed by atoms with Gasteiger partial charge in [0, 0.05) is 16.6 Å². The van der Waals surface area contributed by atoms with E-state index in [2.05, 4.69) is 10.3 Å². The number of carbonyl (C=O) groups is 1. The minimum absolute atomic E-state index is 0.0845. The smallest absolute Gasteiger partial charge is 0.263 e. The van der Waals surface area contributed by atoms with Crippen molar-refractivity contribution in [3.05, 3.63) is 81.7 Å². The lowest BCUT2D eigenvalue weighted by atomic mass is 10.1. The third-order valence-corrected chi connectivity index (χ3v) is 5.46. The SMILES string of the molecule is Cc1ccc(NC(=O)Cn2cnc3scc(-c4ccc(C)cc4)c3c2=O)cc1. The Morgan fingerprint density at radius 2 is 1.68 bits per heavy atom. The van der Waals surface area contributed by atoms with E-state index in [0.29, 0.717) is 15.9 Å². The summed E-state index contributed by atoms with van der Waals surface area (Å²) in [7, 11) is 0. The normalized spacial score (nSPS) is 10.9. The molecule has 4 aromatic rings. The minimum Gasteiger partial charge on any atom is -0.325 e. The molecule has 28 heavy (non-hydrogen) atoms. The average molecular weight is 389 g/mol. The van der Waals surface area contributed by atoms with E-state index in [-0.39, 0.29) is 18.0 Å². The lowest BCUT2D eigenvalue weighted by Crippen LogP contribution is -2.27. The van der Waals surface area contributed by atoms with Crippen molar-refractivity contribution in [2.24, 2.45) is 0 Å². The predicted octanol–water partition coefficient (Wildman–Crippen LogP) is 4.38. The second-order valence-electron chi connectivity index (χ2n) is 6.79. The number of nitrogens with one attached hydrogen (secondary N) is 1. The highest BCUT2D eigenvalue weighted by molar-refractivity contribution is 7.17. The van der Waals surface area contributed by atoms with Gasteiger partial charge < -0.3 is 5.32 Å². The Morgan fingerprint density at radius 3 is 2.36 bits per heavy atom. The summed E-state index contributed by atoms with van der Waals surface area (Å²) in [5.74, 6) is -0.265. The highest BCUT2D eigenvalue weighted by atomic mass is 32.1. The molecule has 2 aromatic heterocycles. The zero-order valence-corrected chi connectivity index (χ0v) is 16.4. The lowest BCUT2D eigenvalue weighted by Gasteiger charge is -2.08. The van der Waals surface area contributed by atoms with Crippen LogP contribution in [0.3, 0.4) is 0 Å². The molecule has 0 spiro atoms. The van der Waals surface area contributed by atoms with Crippen LogP contribution in [0.2, 0.25) is 0 Å². The molecule has 2 aromatic carbocycles. The third-order valence-electron chi connectivity index (χ3n) is 4.57. The number of amides is 1. The van der Waals surface area contributed by atoms with Gasteiger partial charge in [-0.1, -0.05) is 47.5 Å². The molecule has 6 heteroatoms. The second kappa shape index (κ2) is 7.40. The van der Waals surface area contributed by atoms with Gasteiger partial charge in [0.1, 0.15) is 11.4 Å². The van der Waals surface area contributed by atoms with E-state index in [1.54, 1.807) is 0 Å². The van der Waals surface area contributed by atoms with Crippen molar-refractivity contribution in [2.45, 2.75) is 20.4 Å². The summed E-state index contributed by atoms with van der Waals surface area (Å²) in [5, 5.41) is 5.32. The van der Waals surface area contributed by atoms with Crippen molar-refractivity contribution in [1.29, 1.82) is 0 Å². The summed E-state index contributed by atoms with van der Waals surface area (Å²) < 4.78 is 1.36. The number of hydrogen-bond acceptors (Lipinski definition) is 4. The van der Waals surface area contributed by atoms with Gasteiger partial charge in [0.2, 0.25) is 5.91 Å². The van der Waals surface area contributed by atoms with Gasteiger partial charge in [-0.15, -0.1) is 11.3 Å². The van der Waals surface area contributed by atoms with E-state index in [1.807, 2.05) is 67.8 Å². The van der Waals surface area contributed by atoms with Crippen LogP contribution in [0, 0.1) is 13.8 Å². The molecule has 0 unspecified atom stereocenters. The number of benzene rings is 2. The summed E-state index contributed by atoms with van der Waals surface area (Å²) >= 11 is 1.43. The van der Waals surface area contributed by atoms with Crippen LogP contribution in [-0.2, 0) is 11.3 Å². The van der Waals surface area contributed by atoms with Crippen LogP contribution in [0.25, 0.3) is 21.3 Å². The maximum absolute atomic E-state index is 13.0. The van der Waals surface area contributed by atoms with Crippen molar-refractivity contribution in [3.8, 4) is 11.1 Å². The number of anilines is 1. The molecule has 0 aliphatic carbocycles. The topological polar surface area (TPSA) is 64.0 Å². The lowest BCUT2D eigenvalue weighted by molar-refractivity contribution is -0.116. The minimum atomic E-state index is -0.265. The van der Waals surface area contributed by atoms with Crippen LogP contribution in [-0.4, -0.2) is 15.5 Å². The maximum Gasteiger partial charge on any atom is 0.263 e. The number of nitrogens with zero attached hydrogens (tertiary/aromatic N) is 2. The third kappa shape index (κ3) is 3.59. The number of carbonyl (C=O) groups excluding carboxylic acids is 1. The Kier molecular flexibility index (Phi) is 4.79. The van der Waals surface area contributed by atoms with Crippen LogP contribution in [0.15, 0.2) is 65.0 Å². The van der Waals surface area contributed by atoms with E-state index in [4.69, 9.17) is 0 Å². The zero-order chi connectivity index (χ0) is 19.7. The monoisotopic (exact) mass is 389 g/mol. The number of thiophene rings is 1. The molecule has 0 saturated heterocycles. The largest absolute Gasteiger partial charge is 0.325 e. The van der Waals surface area contributed by atoms with E-state index in [1.165, 1.54) is 22.2 Å². The van der Waals surface area contributed by atoms with Crippen molar-refractivity contribution in [3.63, 3.8) is 0 Å². The molecule has 1 N–H and O–H groups in total. The molecular weight excluding hydrogens is 370 g/mol. The first-order valence-electron chi connectivity index (χ1n) is 8.91. The number of aromatic nitrogens is 2. The molecule has 5 nitrogen and oxygen atoms in total. The number of aryl methyl sites for hydroxylation is 2. The summed E-state index contributed by atoms with van der Waals surface area (Å²) in [5.41, 5.74) is 4.59. The Morgan fingerprint density at radius 1 is 1.04 bits per heavy atom. The molecule has 4 rings (SSSR count). The standard InChI is InChI=1S/C22H19N3O2S/c1-14-3-7-16(8-4-14)18-12-28-21-20(18)22(27)25(13-23-21)11-19(26)24-17-9-5-15(2)6-10-17/h3-10,12-13H,11H2,1-2H3,(H,24,26). The van der Waals surface area contributed by atoms with Gasteiger partial charge in [0.25, 0.3) is 5.56 Å². The van der Waals surface area contributed by atoms with E-state index < -0.39 is 0 Å². The number of hydrogen-bond donors (Lipinski definition) is 1. The van der Waals surface area contributed by atoms with Gasteiger partial charge in [0.05, 0.1) is 11.7 Å². The van der Waals surface area contributed by atoms with Gasteiger partial charge in [-0.25, -0.2) is 4.98 Å². The molecular formula is C22H19N3O2S. The molecule has 0 bridgehead atoms. The van der Waals surface area contributed by atoms with Crippen molar-refractivity contribution in [1.82, 2.24) is 9.55 Å². The molecule has 0 saturated carbocycles. The fourth-order valence-corrected chi connectivity index (χ4v) is 3.92. The van der Waals surface area contributed by atoms with E-state index >= 15 is 0 Å². The summed E-state index contributed by atoms with van der Waals surface area (Å²) in [6.45, 7) is 3.92. The molecule has 0 aliphatic rings. The van der Waals surface area contributed by atoms with Gasteiger partial charge in [-0.05, 0) is 31.5 Å². The summed E-state index contributed by atoms with van der Waals surface area (Å²) in [6, 6.07) is 15.6. The second-order valence-corrected chi connectivity index (χ2v) is 7.65. The number of rotatable bonds is 4. The van der Waals surface area contributed by atoms with Crippen molar-refractivity contribution in [2.75, 3.05) is 5.32 Å². The zero-order valence-electron chi connectivity index (χ0n) is 15.6. The van der Waals surface area contributed by atoms with Crippen molar-refractivity contribution >= 4 is 33.1 Å². The Bertz CT molecular complexity index is 1210. The summed E-state index contributed by atoms with van der Waals surface area (Å²) in [6.07, 6.45) is 1.44. The fourth-order valence-electron chi connectivity index (χ4n) is 3.02. The van der Waals surface area contributed by atoms with Crippen LogP contribution in [0.5, 0.6) is 0 Å². The summed E-state index contributed by atoms with van der Waals surface area (Å²) in [4.78, 5) is 30.5. The first-order chi connectivity index (χ1) is 13.5.